The van der Waals surface area contributed by atoms with Gasteiger partial charge in [0.2, 0.25) is 5.95 Å². The van der Waals surface area contributed by atoms with Crippen LogP contribution in [0.5, 0.6) is 0 Å². The number of anilines is 4. The molecule has 1 saturated heterocycles. The summed E-state index contributed by atoms with van der Waals surface area (Å²) < 4.78 is 1.71. The number of piperidine rings is 1. The molecule has 0 spiro atoms. The van der Waals surface area contributed by atoms with Gasteiger partial charge in [-0.2, -0.15) is 4.98 Å². The molecule has 6 rings (SSSR count). The van der Waals surface area contributed by atoms with E-state index < -0.39 is 6.61 Å². The minimum Gasteiger partial charge on any atom is -0.388 e. The Morgan fingerprint density at radius 2 is 1.68 bits per heavy atom. The zero-order valence-electron chi connectivity index (χ0n) is 24.9. The summed E-state index contributed by atoms with van der Waals surface area (Å²) in [6.45, 7) is 4.39. The highest BCUT2D eigenvalue weighted by Gasteiger charge is 2.26. The van der Waals surface area contributed by atoms with Gasteiger partial charge in [0.25, 0.3) is 5.56 Å². The minimum atomic E-state index is -0.524. The number of pyridine rings is 3. The maximum atomic E-state index is 13.5. The molecule has 44 heavy (non-hydrogen) atoms. The van der Waals surface area contributed by atoms with Crippen molar-refractivity contribution in [2.24, 2.45) is 0 Å². The zero-order valence-corrected chi connectivity index (χ0v) is 24.9. The molecular weight excluding hydrogens is 560 g/mol. The lowest BCUT2D eigenvalue weighted by molar-refractivity contribution is 0.0903. The van der Waals surface area contributed by atoms with E-state index in [1.54, 1.807) is 29.8 Å². The smallest absolute Gasteiger partial charge is 0.263 e. The summed E-state index contributed by atoms with van der Waals surface area (Å²) in [5.74, 6) is 1.05. The van der Waals surface area contributed by atoms with Gasteiger partial charge in [-0.3, -0.25) is 19.0 Å². The van der Waals surface area contributed by atoms with Crippen LogP contribution in [0, 0.1) is 6.92 Å². The standard InChI is InChI=1S/C32H36N8O4/c1-19-25-17-35-32(38-30(25)40(23-5-3-4-6-23)31(44)29(19)20(2)42)37-28-10-8-24(16-34-28)39-13-11-22(12-14-39)36-27-9-7-21(15-33-27)26(43)18-41/h7-10,15-17,22-23,41H,3-6,11-14,18H2,1-2H3,(H,33,36)(H,34,35,37,38). The van der Waals surface area contributed by atoms with Crippen molar-refractivity contribution >= 4 is 45.9 Å². The van der Waals surface area contributed by atoms with Gasteiger partial charge in [0, 0.05) is 48.5 Å². The number of aromatic nitrogens is 5. The largest absolute Gasteiger partial charge is 0.388 e. The van der Waals surface area contributed by atoms with Crippen LogP contribution in [-0.2, 0) is 0 Å². The molecule has 2 fully saturated rings. The lowest BCUT2D eigenvalue weighted by Gasteiger charge is -2.34. The van der Waals surface area contributed by atoms with Crippen molar-refractivity contribution in [3.05, 3.63) is 69.9 Å². The number of aliphatic hydroxyl groups is 1. The predicted molar refractivity (Wildman–Crippen MR) is 168 cm³/mol. The molecule has 228 valence electrons. The highest BCUT2D eigenvalue weighted by molar-refractivity contribution is 5.99. The number of aryl methyl sites for hydroxylation is 1. The topological polar surface area (TPSA) is 155 Å². The molecule has 0 aromatic carbocycles. The van der Waals surface area contributed by atoms with Crippen molar-refractivity contribution in [3.63, 3.8) is 0 Å². The van der Waals surface area contributed by atoms with Gasteiger partial charge in [-0.15, -0.1) is 0 Å². The number of Topliss-reactive ketones (excluding diaryl/α,β-unsaturated/α-hetero) is 2. The number of aliphatic hydroxyl groups excluding tert-OH is 1. The molecule has 4 aromatic rings. The first-order valence-corrected chi connectivity index (χ1v) is 15.1. The normalized spacial score (nSPS) is 15.9. The predicted octanol–water partition coefficient (Wildman–Crippen LogP) is 4.21. The van der Waals surface area contributed by atoms with Crippen molar-refractivity contribution in [3.8, 4) is 0 Å². The quantitative estimate of drug-likeness (QED) is 0.238. The maximum Gasteiger partial charge on any atom is 0.263 e. The van der Waals surface area contributed by atoms with Gasteiger partial charge in [-0.05, 0) is 69.4 Å². The van der Waals surface area contributed by atoms with Crippen LogP contribution in [0.15, 0.2) is 47.7 Å². The number of hydrogen-bond donors (Lipinski definition) is 3. The summed E-state index contributed by atoms with van der Waals surface area (Å²) in [7, 11) is 0. The van der Waals surface area contributed by atoms with E-state index in [2.05, 4.69) is 30.5 Å². The molecule has 5 heterocycles. The van der Waals surface area contributed by atoms with Gasteiger partial charge < -0.3 is 20.6 Å². The maximum absolute atomic E-state index is 13.5. The number of fused-ring (bicyclic) bond motifs is 1. The van der Waals surface area contributed by atoms with E-state index in [0.29, 0.717) is 39.7 Å². The summed E-state index contributed by atoms with van der Waals surface area (Å²) in [5, 5.41) is 16.3. The second kappa shape index (κ2) is 12.5. The van der Waals surface area contributed by atoms with Crippen molar-refractivity contribution < 1.29 is 14.7 Å². The van der Waals surface area contributed by atoms with Crippen molar-refractivity contribution in [1.29, 1.82) is 0 Å². The molecule has 12 nitrogen and oxygen atoms in total. The molecule has 0 bridgehead atoms. The summed E-state index contributed by atoms with van der Waals surface area (Å²) >= 11 is 0. The molecule has 2 aliphatic rings. The Hall–Kier alpha value is -4.71. The van der Waals surface area contributed by atoms with Crippen molar-refractivity contribution in [2.45, 2.75) is 64.5 Å². The molecule has 1 saturated carbocycles. The van der Waals surface area contributed by atoms with Gasteiger partial charge >= 0.3 is 0 Å². The van der Waals surface area contributed by atoms with Crippen LogP contribution >= 0.6 is 0 Å². The van der Waals surface area contributed by atoms with Crippen molar-refractivity contribution in [2.75, 3.05) is 35.2 Å². The fourth-order valence-electron chi connectivity index (χ4n) is 6.30. The monoisotopic (exact) mass is 596 g/mol. The first-order chi connectivity index (χ1) is 21.3. The van der Waals surface area contributed by atoms with Gasteiger partial charge in [0.15, 0.2) is 11.6 Å². The third kappa shape index (κ3) is 5.89. The number of nitrogens with zero attached hydrogens (tertiary/aromatic N) is 6. The number of hydrogen-bond acceptors (Lipinski definition) is 11. The molecule has 0 radical (unpaired) electrons. The highest BCUT2D eigenvalue weighted by atomic mass is 16.3. The Bertz CT molecular complexity index is 1740. The number of ketones is 2. The fraction of sp³-hybridized carbons (Fsp3) is 0.406. The number of carbonyl (C=O) groups excluding carboxylic acids is 2. The van der Waals surface area contributed by atoms with Crippen LogP contribution in [0.3, 0.4) is 0 Å². The number of carbonyl (C=O) groups is 2. The number of nitrogens with one attached hydrogen (secondary N) is 2. The van der Waals surface area contributed by atoms with Crippen LogP contribution in [0.4, 0.5) is 23.3 Å². The van der Waals surface area contributed by atoms with Gasteiger partial charge in [-0.25, -0.2) is 15.0 Å². The lowest BCUT2D eigenvalue weighted by Crippen LogP contribution is -2.39. The highest BCUT2D eigenvalue weighted by Crippen LogP contribution is 2.32. The van der Waals surface area contributed by atoms with E-state index in [0.717, 1.165) is 57.3 Å². The summed E-state index contributed by atoms with van der Waals surface area (Å²) in [6.07, 6.45) is 10.7. The molecule has 3 N–H and O–H groups in total. The molecule has 0 amide bonds. The fourth-order valence-corrected chi connectivity index (χ4v) is 6.30. The second-order valence-electron chi connectivity index (χ2n) is 11.5. The second-order valence-corrected chi connectivity index (χ2v) is 11.5. The summed E-state index contributed by atoms with van der Waals surface area (Å²) in [5.41, 5.74) is 2.51. The zero-order chi connectivity index (χ0) is 30.8. The summed E-state index contributed by atoms with van der Waals surface area (Å²) in [6, 6.07) is 7.62. The third-order valence-corrected chi connectivity index (χ3v) is 8.68. The first kappa shape index (κ1) is 29.4. The Kier molecular flexibility index (Phi) is 8.34. The summed E-state index contributed by atoms with van der Waals surface area (Å²) in [4.78, 5) is 57.9. The van der Waals surface area contributed by atoms with Crippen molar-refractivity contribution in [1.82, 2.24) is 24.5 Å². The van der Waals surface area contributed by atoms with E-state index in [4.69, 9.17) is 10.1 Å². The Labute approximate surface area is 254 Å². The Morgan fingerprint density at radius 3 is 2.32 bits per heavy atom. The molecular formula is C32H36N8O4. The first-order valence-electron chi connectivity index (χ1n) is 15.1. The molecule has 0 atom stereocenters. The molecule has 0 unspecified atom stereocenters. The molecule has 4 aromatic heterocycles. The Morgan fingerprint density at radius 1 is 0.955 bits per heavy atom. The average Bonchev–Trinajstić information content (AvgIpc) is 3.56. The van der Waals surface area contributed by atoms with Crippen LogP contribution in [0.2, 0.25) is 0 Å². The van der Waals surface area contributed by atoms with E-state index in [1.165, 1.54) is 13.1 Å². The molecule has 1 aliphatic heterocycles. The SMILES string of the molecule is CC(=O)c1c(C)c2cnc(Nc3ccc(N4CCC(Nc5ccc(C(=O)CO)cn5)CC4)cn3)nc2n(C2CCCC2)c1=O. The average molecular weight is 597 g/mol. The molecule has 12 heteroatoms. The van der Waals surface area contributed by atoms with Crippen LogP contribution in [0.25, 0.3) is 11.0 Å². The van der Waals surface area contributed by atoms with E-state index in [9.17, 15) is 14.4 Å². The van der Waals surface area contributed by atoms with Crippen LogP contribution < -0.4 is 21.1 Å². The number of rotatable bonds is 9. The van der Waals surface area contributed by atoms with Gasteiger partial charge in [-0.1, -0.05) is 12.8 Å². The van der Waals surface area contributed by atoms with E-state index in [1.807, 2.05) is 18.3 Å². The lowest BCUT2D eigenvalue weighted by atomic mass is 10.0. The molecule has 1 aliphatic carbocycles. The van der Waals surface area contributed by atoms with Gasteiger partial charge in [0.1, 0.15) is 23.9 Å². The minimum absolute atomic E-state index is 0.0163. The van der Waals surface area contributed by atoms with Crippen LogP contribution in [-0.4, -0.2) is 66.9 Å². The Balaban J connectivity index is 1.13. The third-order valence-electron chi connectivity index (χ3n) is 8.68. The van der Waals surface area contributed by atoms with E-state index in [-0.39, 0.29) is 34.8 Å². The van der Waals surface area contributed by atoms with Crippen LogP contribution in [0.1, 0.15) is 77.8 Å². The van der Waals surface area contributed by atoms with E-state index >= 15 is 0 Å². The van der Waals surface area contributed by atoms with Gasteiger partial charge in [0.05, 0.1) is 17.4 Å².